The molecule has 1 saturated heterocycles. The number of ether oxygens (including phenoxy) is 2. The number of anilines is 2. The predicted molar refractivity (Wildman–Crippen MR) is 120 cm³/mol. The molecule has 1 aromatic heterocycles. The molecule has 1 N–H and O–H groups in total. The number of amides is 1. The van der Waals surface area contributed by atoms with Gasteiger partial charge >= 0.3 is 6.09 Å². The number of nitrogens with one attached hydrogen (secondary N) is 1. The van der Waals surface area contributed by atoms with Gasteiger partial charge in [-0.1, -0.05) is 17.7 Å². The molecule has 0 bridgehead atoms. The molecule has 0 unspecified atom stereocenters. The van der Waals surface area contributed by atoms with Crippen LogP contribution in [0.25, 0.3) is 10.9 Å². The fraction of sp³-hybridized carbons (Fsp3) is 0.318. The number of nitrogens with zero attached hydrogens (tertiary/aromatic N) is 4. The Balaban J connectivity index is 1.65. The Morgan fingerprint density at radius 3 is 2.81 bits per heavy atom. The molecule has 2 heterocycles. The summed E-state index contributed by atoms with van der Waals surface area (Å²) < 4.78 is 25.5. The molecule has 168 valence electrons. The van der Waals surface area contributed by atoms with E-state index < -0.39 is 11.9 Å². The molecule has 0 aliphatic carbocycles. The lowest BCUT2D eigenvalue weighted by Gasteiger charge is -2.20. The van der Waals surface area contributed by atoms with Crippen molar-refractivity contribution in [3.05, 3.63) is 47.5 Å². The summed E-state index contributed by atoms with van der Waals surface area (Å²) >= 11 is 5.88. The molecule has 3 aromatic rings. The number of likely N-dealkylation sites (tertiary alicyclic amines) is 1. The van der Waals surface area contributed by atoms with Crippen molar-refractivity contribution in [3.8, 4) is 11.5 Å². The van der Waals surface area contributed by atoms with Crippen LogP contribution < -0.4 is 14.8 Å². The molecule has 32 heavy (non-hydrogen) atoms. The largest absolute Gasteiger partial charge is 0.493 e. The van der Waals surface area contributed by atoms with E-state index in [9.17, 15) is 9.18 Å². The standard InChI is InChI=1S/C22H23ClFN5O3/c1-28(2)13-7-8-29(11-13)22(30)32-19-9-14-17(10-18(19)31-3)25-12-26-21(14)27-16-6-4-5-15(23)20(16)24/h4-6,9-10,12-13H,7-8,11H2,1-3H3,(H,25,26,27)/t13-/m1/s1. The summed E-state index contributed by atoms with van der Waals surface area (Å²) in [5.41, 5.74) is 0.703. The molecule has 10 heteroatoms. The Bertz CT molecular complexity index is 1160. The van der Waals surface area contributed by atoms with Crippen LogP contribution in [0.4, 0.5) is 20.7 Å². The van der Waals surface area contributed by atoms with Gasteiger partial charge in [0.05, 0.1) is 23.3 Å². The van der Waals surface area contributed by atoms with Crippen LogP contribution in [0.3, 0.4) is 0 Å². The Hall–Kier alpha value is -3.17. The Labute approximate surface area is 189 Å². The van der Waals surface area contributed by atoms with Crippen LogP contribution in [-0.2, 0) is 0 Å². The van der Waals surface area contributed by atoms with E-state index >= 15 is 0 Å². The smallest absolute Gasteiger partial charge is 0.415 e. The maximum Gasteiger partial charge on any atom is 0.415 e. The summed E-state index contributed by atoms with van der Waals surface area (Å²) in [4.78, 5) is 25.0. The van der Waals surface area contributed by atoms with Gasteiger partial charge in [0.25, 0.3) is 0 Å². The summed E-state index contributed by atoms with van der Waals surface area (Å²) in [6.07, 6.45) is 1.77. The van der Waals surface area contributed by atoms with Crippen LogP contribution in [0.15, 0.2) is 36.7 Å². The number of carbonyl (C=O) groups is 1. The van der Waals surface area contributed by atoms with E-state index in [0.29, 0.717) is 35.6 Å². The SMILES string of the molecule is COc1cc2ncnc(Nc3cccc(Cl)c3F)c2cc1OC(=O)N1CC[C@@H](N(C)C)C1. The van der Waals surface area contributed by atoms with E-state index in [1.165, 1.54) is 19.5 Å². The molecule has 1 aliphatic heterocycles. The van der Waals surface area contributed by atoms with Crippen molar-refractivity contribution in [1.29, 1.82) is 0 Å². The molecular weight excluding hydrogens is 437 g/mol. The van der Waals surface area contributed by atoms with Crippen molar-refractivity contribution in [2.75, 3.05) is 39.6 Å². The van der Waals surface area contributed by atoms with E-state index in [-0.39, 0.29) is 22.5 Å². The van der Waals surface area contributed by atoms with Gasteiger partial charge < -0.3 is 24.6 Å². The molecule has 8 nitrogen and oxygen atoms in total. The lowest BCUT2D eigenvalue weighted by molar-refractivity contribution is 0.157. The minimum atomic E-state index is -0.592. The van der Waals surface area contributed by atoms with Gasteiger partial charge in [-0.3, -0.25) is 0 Å². The average Bonchev–Trinajstić information content (AvgIpc) is 3.28. The highest BCUT2D eigenvalue weighted by Crippen LogP contribution is 2.36. The number of halogens is 2. The Morgan fingerprint density at radius 2 is 2.09 bits per heavy atom. The van der Waals surface area contributed by atoms with Crippen LogP contribution in [0.1, 0.15) is 6.42 Å². The first kappa shape index (κ1) is 22.0. The van der Waals surface area contributed by atoms with Crippen LogP contribution in [-0.4, -0.2) is 66.2 Å². The highest BCUT2D eigenvalue weighted by molar-refractivity contribution is 6.31. The van der Waals surface area contributed by atoms with Gasteiger partial charge in [-0.25, -0.2) is 19.2 Å². The summed E-state index contributed by atoms with van der Waals surface area (Å²) in [5, 5.41) is 3.46. The molecule has 1 amide bonds. The van der Waals surface area contributed by atoms with Crippen molar-refractivity contribution < 1.29 is 18.7 Å². The highest BCUT2D eigenvalue weighted by atomic mass is 35.5. The second-order valence-corrected chi connectivity index (χ2v) is 8.10. The molecule has 4 rings (SSSR count). The van der Waals surface area contributed by atoms with Gasteiger partial charge in [0.2, 0.25) is 0 Å². The number of fused-ring (bicyclic) bond motifs is 1. The van der Waals surface area contributed by atoms with Crippen molar-refractivity contribution in [2.24, 2.45) is 0 Å². The zero-order valence-corrected chi connectivity index (χ0v) is 18.7. The number of aromatic nitrogens is 2. The number of carbonyl (C=O) groups excluding carboxylic acids is 1. The molecule has 1 fully saturated rings. The van der Waals surface area contributed by atoms with Gasteiger partial charge in [-0.2, -0.15) is 0 Å². The van der Waals surface area contributed by atoms with Crippen molar-refractivity contribution in [1.82, 2.24) is 19.8 Å². The van der Waals surface area contributed by atoms with Gasteiger partial charge in [-0.15, -0.1) is 0 Å². The van der Waals surface area contributed by atoms with Crippen LogP contribution >= 0.6 is 11.6 Å². The number of benzene rings is 2. The first-order valence-electron chi connectivity index (χ1n) is 10.0. The number of likely N-dealkylation sites (N-methyl/N-ethyl adjacent to an activating group) is 1. The van der Waals surface area contributed by atoms with Crippen molar-refractivity contribution in [2.45, 2.75) is 12.5 Å². The maximum absolute atomic E-state index is 14.4. The molecule has 1 aliphatic rings. The third kappa shape index (κ3) is 4.39. The molecule has 0 radical (unpaired) electrons. The number of rotatable bonds is 5. The van der Waals surface area contributed by atoms with Crippen molar-refractivity contribution in [3.63, 3.8) is 0 Å². The molecule has 0 spiro atoms. The number of hydrogen-bond acceptors (Lipinski definition) is 7. The van der Waals surface area contributed by atoms with Gasteiger partial charge in [0, 0.05) is 30.6 Å². The fourth-order valence-electron chi connectivity index (χ4n) is 3.62. The number of methoxy groups -OCH3 is 1. The lowest BCUT2D eigenvalue weighted by atomic mass is 10.2. The van der Waals surface area contributed by atoms with E-state index in [1.807, 2.05) is 14.1 Å². The Kier molecular flexibility index (Phi) is 6.29. The van der Waals surface area contributed by atoms with E-state index in [2.05, 4.69) is 20.2 Å². The molecular formula is C22H23ClFN5O3. The first-order valence-corrected chi connectivity index (χ1v) is 10.4. The third-order valence-corrected chi connectivity index (χ3v) is 5.77. The van der Waals surface area contributed by atoms with Crippen molar-refractivity contribution >= 4 is 40.1 Å². The zero-order chi connectivity index (χ0) is 22.8. The fourth-order valence-corrected chi connectivity index (χ4v) is 3.79. The van der Waals surface area contributed by atoms with Gasteiger partial charge in [-0.05, 0) is 38.7 Å². The predicted octanol–water partition coefficient (Wildman–Crippen LogP) is 4.31. The minimum absolute atomic E-state index is 0.00806. The maximum atomic E-state index is 14.4. The normalized spacial score (nSPS) is 15.9. The summed E-state index contributed by atoms with van der Waals surface area (Å²) in [6, 6.07) is 8.18. The minimum Gasteiger partial charge on any atom is -0.493 e. The van der Waals surface area contributed by atoms with Crippen LogP contribution in [0.2, 0.25) is 5.02 Å². The van der Waals surface area contributed by atoms with Crippen LogP contribution in [0, 0.1) is 5.82 Å². The van der Waals surface area contributed by atoms with E-state index in [0.717, 1.165) is 6.42 Å². The second kappa shape index (κ2) is 9.13. The van der Waals surface area contributed by atoms with Gasteiger partial charge in [0.15, 0.2) is 17.3 Å². The van der Waals surface area contributed by atoms with Gasteiger partial charge in [0.1, 0.15) is 12.1 Å². The third-order valence-electron chi connectivity index (χ3n) is 5.47. The summed E-state index contributed by atoms with van der Waals surface area (Å²) in [5.74, 6) is 0.325. The molecule has 0 saturated carbocycles. The van der Waals surface area contributed by atoms with Crippen LogP contribution in [0.5, 0.6) is 11.5 Å². The topological polar surface area (TPSA) is 79.8 Å². The highest BCUT2D eigenvalue weighted by Gasteiger charge is 2.29. The average molecular weight is 460 g/mol. The Morgan fingerprint density at radius 1 is 1.28 bits per heavy atom. The number of hydrogen-bond donors (Lipinski definition) is 1. The molecule has 1 atom stereocenters. The van der Waals surface area contributed by atoms with E-state index in [1.54, 1.807) is 29.2 Å². The quantitative estimate of drug-likeness (QED) is 0.609. The summed E-state index contributed by atoms with van der Waals surface area (Å²) in [7, 11) is 5.46. The first-order chi connectivity index (χ1) is 15.4. The zero-order valence-electron chi connectivity index (χ0n) is 17.9. The second-order valence-electron chi connectivity index (χ2n) is 7.69. The summed E-state index contributed by atoms with van der Waals surface area (Å²) in [6.45, 7) is 1.20. The monoisotopic (exact) mass is 459 g/mol. The van der Waals surface area contributed by atoms with E-state index in [4.69, 9.17) is 21.1 Å². The lowest BCUT2D eigenvalue weighted by Crippen LogP contribution is -2.36. The molecule has 2 aromatic carbocycles.